The van der Waals surface area contributed by atoms with E-state index < -0.39 is 18.3 Å². The molecular weight excluding hydrogens is 548 g/mol. The molecule has 208 valence electrons. The fourth-order valence-electron chi connectivity index (χ4n) is 4.84. The number of carbonyl (C=O) groups is 2. The van der Waals surface area contributed by atoms with Gasteiger partial charge in [-0.3, -0.25) is 14.6 Å². The van der Waals surface area contributed by atoms with E-state index in [1.165, 1.54) is 0 Å². The molecule has 3 aliphatic heterocycles. The highest BCUT2D eigenvalue weighted by atomic mass is 35.5. The number of fused-ring (bicyclic) bond motifs is 2. The van der Waals surface area contributed by atoms with Crippen LogP contribution in [0.3, 0.4) is 0 Å². The first-order valence-corrected chi connectivity index (χ1v) is 14.2. The summed E-state index contributed by atoms with van der Waals surface area (Å²) in [5.41, 5.74) is 5.73. The van der Waals surface area contributed by atoms with Crippen LogP contribution >= 0.6 is 23.2 Å². The van der Waals surface area contributed by atoms with Gasteiger partial charge in [-0.15, -0.1) is 0 Å². The molecule has 0 radical (unpaired) electrons. The maximum Gasteiger partial charge on any atom is 0.496 e. The molecule has 2 N–H and O–H groups in total. The number of hydrogen-bond acceptors (Lipinski definition) is 5. The van der Waals surface area contributed by atoms with Gasteiger partial charge in [-0.1, -0.05) is 29.3 Å². The molecule has 3 aliphatic rings. The number of rotatable bonds is 3. The lowest BCUT2D eigenvalue weighted by Crippen LogP contribution is -2.41. The van der Waals surface area contributed by atoms with Crippen molar-refractivity contribution in [3.8, 4) is 0 Å². The normalized spacial score (nSPS) is 18.6. The third-order valence-electron chi connectivity index (χ3n) is 7.89. The van der Waals surface area contributed by atoms with Crippen LogP contribution in [0.1, 0.15) is 62.9 Å². The molecule has 4 heterocycles. The number of benzene rings is 2. The largest absolute Gasteiger partial charge is 0.496 e. The summed E-state index contributed by atoms with van der Waals surface area (Å²) in [6.07, 6.45) is 4.93. The Morgan fingerprint density at radius 2 is 1.40 bits per heavy atom. The van der Waals surface area contributed by atoms with E-state index in [1.54, 1.807) is 6.20 Å². The highest BCUT2D eigenvalue weighted by Gasteiger charge is 2.52. The Labute approximate surface area is 245 Å². The molecule has 0 atom stereocenters. The van der Waals surface area contributed by atoms with Crippen molar-refractivity contribution in [3.63, 3.8) is 0 Å². The lowest BCUT2D eigenvalue weighted by Gasteiger charge is -2.32. The molecule has 1 fully saturated rings. The molecule has 0 saturated carbocycles. The minimum atomic E-state index is -0.522. The first-order chi connectivity index (χ1) is 18.9. The predicted octanol–water partition coefficient (Wildman–Crippen LogP) is 5.73. The van der Waals surface area contributed by atoms with Gasteiger partial charge in [0.2, 0.25) is 11.8 Å². The lowest BCUT2D eigenvalue weighted by molar-refractivity contribution is -0.117. The third kappa shape index (κ3) is 6.05. The van der Waals surface area contributed by atoms with Crippen molar-refractivity contribution in [1.29, 1.82) is 0 Å². The summed E-state index contributed by atoms with van der Waals surface area (Å²) >= 11 is 12.7. The van der Waals surface area contributed by atoms with Crippen LogP contribution in [0.4, 0.5) is 11.4 Å². The summed E-state index contributed by atoms with van der Waals surface area (Å²) in [5.74, 6) is 0.100. The van der Waals surface area contributed by atoms with E-state index in [4.69, 9.17) is 32.5 Å². The minimum Gasteiger partial charge on any atom is -0.399 e. The summed E-state index contributed by atoms with van der Waals surface area (Å²) in [5, 5.41) is 7.13. The first-order valence-electron chi connectivity index (χ1n) is 13.4. The molecule has 1 aromatic heterocycles. The molecule has 0 spiro atoms. The topological polar surface area (TPSA) is 89.5 Å². The molecule has 7 nitrogen and oxygen atoms in total. The Morgan fingerprint density at radius 3 is 1.98 bits per heavy atom. The van der Waals surface area contributed by atoms with Gasteiger partial charge < -0.3 is 19.9 Å². The lowest BCUT2D eigenvalue weighted by atomic mass is 9.77. The zero-order valence-electron chi connectivity index (χ0n) is 23.1. The number of nitrogens with one attached hydrogen (secondary N) is 2. The Balaban J connectivity index is 0.000000162. The number of nitrogens with zero attached hydrogens (tertiary/aromatic N) is 1. The van der Waals surface area contributed by atoms with Gasteiger partial charge in [0.1, 0.15) is 0 Å². The SMILES string of the molecule is CC1(C)OB(c2cc3c(cc2Cl)CCC(=O)N3)OC1(C)C.O=C1CCc2cc(Cl)c(Cc3ccccn3)cc2N1. The predicted molar refractivity (Wildman–Crippen MR) is 160 cm³/mol. The van der Waals surface area contributed by atoms with Crippen molar-refractivity contribution in [2.24, 2.45) is 0 Å². The van der Waals surface area contributed by atoms with Crippen molar-refractivity contribution in [1.82, 2.24) is 4.98 Å². The minimum absolute atomic E-state index is 0.0321. The monoisotopic (exact) mass is 579 g/mol. The number of aromatic nitrogens is 1. The molecular formula is C30H32BCl2N3O4. The first kappa shape index (κ1) is 28.6. The Bertz CT molecular complexity index is 1450. The summed E-state index contributed by atoms with van der Waals surface area (Å²) in [4.78, 5) is 27.3. The van der Waals surface area contributed by atoms with Gasteiger partial charge in [-0.25, -0.2) is 0 Å². The number of pyridine rings is 1. The Morgan fingerprint density at radius 1 is 0.825 bits per heavy atom. The molecule has 0 bridgehead atoms. The van der Waals surface area contributed by atoms with Crippen LogP contribution in [0.2, 0.25) is 10.0 Å². The molecule has 0 unspecified atom stereocenters. The fraction of sp³-hybridized carbons (Fsp3) is 0.367. The zero-order chi connectivity index (χ0) is 28.7. The second kappa shape index (κ2) is 11.2. The molecule has 10 heteroatoms. The van der Waals surface area contributed by atoms with Crippen molar-refractivity contribution in [3.05, 3.63) is 81.1 Å². The van der Waals surface area contributed by atoms with Gasteiger partial charge in [0.25, 0.3) is 0 Å². The summed E-state index contributed by atoms with van der Waals surface area (Å²) in [6, 6.07) is 13.5. The number of amides is 2. The molecule has 1 saturated heterocycles. The van der Waals surface area contributed by atoms with Gasteiger partial charge in [0.05, 0.1) is 11.2 Å². The second-order valence-corrected chi connectivity index (χ2v) is 12.1. The molecule has 3 aromatic rings. The van der Waals surface area contributed by atoms with Gasteiger partial charge in [-0.2, -0.15) is 0 Å². The zero-order valence-corrected chi connectivity index (χ0v) is 24.6. The van der Waals surface area contributed by atoms with Crippen molar-refractivity contribution < 1.29 is 18.9 Å². The van der Waals surface area contributed by atoms with E-state index in [2.05, 4.69) is 15.6 Å². The highest BCUT2D eigenvalue weighted by molar-refractivity contribution is 6.65. The van der Waals surface area contributed by atoms with E-state index in [9.17, 15) is 9.59 Å². The van der Waals surface area contributed by atoms with Gasteiger partial charge in [0, 0.05) is 58.0 Å². The standard InChI is InChI=1S/C15H19BClNO3.C15H13ClN2O/c1-14(2)15(3,4)21-16(20-14)10-8-12-9(7-11(10)17)5-6-13(19)18-12;16-13-8-10-4-5-15(19)18-14(10)9-11(13)7-12-3-1-2-6-17-12/h7-8H,5-6H2,1-4H3,(H,18,19);1-3,6,8-9H,4-5,7H2,(H,18,19). The fourth-order valence-corrected chi connectivity index (χ4v) is 5.37. The average molecular weight is 580 g/mol. The summed E-state index contributed by atoms with van der Waals surface area (Å²) in [7, 11) is -0.522. The summed E-state index contributed by atoms with van der Waals surface area (Å²) < 4.78 is 12.1. The quantitative estimate of drug-likeness (QED) is 0.387. The third-order valence-corrected chi connectivity index (χ3v) is 8.57. The highest BCUT2D eigenvalue weighted by Crippen LogP contribution is 2.38. The Hall–Kier alpha value is -2.91. The number of carbonyl (C=O) groups excluding carboxylic acids is 2. The van der Waals surface area contributed by atoms with E-state index in [1.807, 2.05) is 70.2 Å². The number of anilines is 2. The van der Waals surface area contributed by atoms with Crippen LogP contribution in [0.15, 0.2) is 48.7 Å². The van der Waals surface area contributed by atoms with E-state index in [0.29, 0.717) is 30.7 Å². The maximum atomic E-state index is 11.5. The molecule has 40 heavy (non-hydrogen) atoms. The Kier molecular flexibility index (Phi) is 7.99. The number of hydrogen-bond donors (Lipinski definition) is 2. The number of aryl methyl sites for hydroxylation is 2. The molecule has 0 aliphatic carbocycles. The number of halogens is 2. The van der Waals surface area contributed by atoms with Crippen LogP contribution in [0.5, 0.6) is 0 Å². The molecule has 6 rings (SSSR count). The van der Waals surface area contributed by atoms with Gasteiger partial charge >= 0.3 is 7.12 Å². The summed E-state index contributed by atoms with van der Waals surface area (Å²) in [6.45, 7) is 8.00. The van der Waals surface area contributed by atoms with Crippen molar-refractivity contribution in [2.45, 2.75) is 71.0 Å². The van der Waals surface area contributed by atoms with Gasteiger partial charge in [-0.05, 0) is 93.6 Å². The van der Waals surface area contributed by atoms with E-state index in [-0.39, 0.29) is 11.8 Å². The second-order valence-electron chi connectivity index (χ2n) is 11.3. The van der Waals surface area contributed by atoms with Crippen molar-refractivity contribution in [2.75, 3.05) is 10.6 Å². The molecule has 2 aromatic carbocycles. The van der Waals surface area contributed by atoms with Crippen LogP contribution in [0, 0.1) is 0 Å². The smallest absolute Gasteiger partial charge is 0.399 e. The van der Waals surface area contributed by atoms with Crippen molar-refractivity contribution >= 4 is 59.0 Å². The molecule has 2 amide bonds. The van der Waals surface area contributed by atoms with Crippen LogP contribution in [-0.2, 0) is 38.2 Å². The average Bonchev–Trinajstić information content (AvgIpc) is 3.12. The van der Waals surface area contributed by atoms with E-state index >= 15 is 0 Å². The van der Waals surface area contributed by atoms with Crippen LogP contribution < -0.4 is 16.1 Å². The van der Waals surface area contributed by atoms with Crippen LogP contribution in [0.25, 0.3) is 0 Å². The van der Waals surface area contributed by atoms with Crippen LogP contribution in [-0.4, -0.2) is 35.1 Å². The van der Waals surface area contributed by atoms with Gasteiger partial charge in [0.15, 0.2) is 0 Å². The van der Waals surface area contributed by atoms with E-state index in [0.717, 1.165) is 50.7 Å². The maximum absolute atomic E-state index is 11.5.